The molecule has 0 bridgehead atoms. The second-order valence-electron chi connectivity index (χ2n) is 2.68. The fourth-order valence-corrected chi connectivity index (χ4v) is 3.50. The molecule has 0 aliphatic rings. The molecule has 0 saturated heterocycles. The average Bonchev–Trinajstić information content (AvgIpc) is 2.19. The standard InChI is InChI=1S/C9H23NO3Si.ClH/c1-4-11-14(12-5-2,13-6-3)9-7-8-10;/h4-10H2,1-3H3;1H/i9D;. The van der Waals surface area contributed by atoms with Crippen molar-refractivity contribution in [2.45, 2.75) is 33.2 Å². The number of nitrogens with two attached hydrogens (primary N) is 1. The van der Waals surface area contributed by atoms with Crippen LogP contribution in [0.15, 0.2) is 0 Å². The highest BCUT2D eigenvalue weighted by Crippen LogP contribution is 2.17. The van der Waals surface area contributed by atoms with E-state index in [4.69, 9.17) is 20.4 Å². The van der Waals surface area contributed by atoms with E-state index in [1.807, 2.05) is 20.8 Å². The molecule has 6 heteroatoms. The van der Waals surface area contributed by atoms with Crippen LogP contribution in [0.3, 0.4) is 0 Å². The number of rotatable bonds is 9. The predicted octanol–water partition coefficient (Wildman–Crippen LogP) is 1.81. The molecule has 4 nitrogen and oxygen atoms in total. The Morgan fingerprint density at radius 3 is 1.73 bits per heavy atom. The van der Waals surface area contributed by atoms with E-state index in [2.05, 4.69) is 0 Å². The zero-order valence-electron chi connectivity index (χ0n) is 10.8. The Morgan fingerprint density at radius 1 is 1.07 bits per heavy atom. The zero-order chi connectivity index (χ0) is 11.7. The van der Waals surface area contributed by atoms with Crippen LogP contribution in [0.2, 0.25) is 6.02 Å². The highest BCUT2D eigenvalue weighted by atomic mass is 35.5. The first-order valence-corrected chi connectivity index (χ1v) is 7.01. The van der Waals surface area contributed by atoms with Gasteiger partial charge in [-0.05, 0) is 33.7 Å². The van der Waals surface area contributed by atoms with E-state index in [0.717, 1.165) is 0 Å². The molecule has 0 aliphatic carbocycles. The van der Waals surface area contributed by atoms with Crippen molar-refractivity contribution in [1.82, 2.24) is 0 Å². The summed E-state index contributed by atoms with van der Waals surface area (Å²) in [4.78, 5) is 0. The van der Waals surface area contributed by atoms with Gasteiger partial charge < -0.3 is 19.0 Å². The minimum Gasteiger partial charge on any atom is -0.374 e. The van der Waals surface area contributed by atoms with Gasteiger partial charge in [0.15, 0.2) is 0 Å². The Hall–Kier alpha value is 0.347. The van der Waals surface area contributed by atoms with Crippen LogP contribution in [-0.2, 0) is 13.3 Å². The molecule has 0 saturated carbocycles. The summed E-state index contributed by atoms with van der Waals surface area (Å²) in [7, 11) is -2.83. The Balaban J connectivity index is 0. The second kappa shape index (κ2) is 10.9. The van der Waals surface area contributed by atoms with Gasteiger partial charge in [0, 0.05) is 27.2 Å². The van der Waals surface area contributed by atoms with Crippen LogP contribution in [0.25, 0.3) is 0 Å². The molecule has 94 valence electrons. The van der Waals surface area contributed by atoms with Crippen LogP contribution in [0.5, 0.6) is 0 Å². The summed E-state index contributed by atoms with van der Waals surface area (Å²) in [5.74, 6) is 0. The van der Waals surface area contributed by atoms with Gasteiger partial charge in [0.1, 0.15) is 0 Å². The van der Waals surface area contributed by atoms with Crippen LogP contribution in [0, 0.1) is 0 Å². The minimum absolute atomic E-state index is 0. The lowest BCUT2D eigenvalue weighted by molar-refractivity contribution is 0.0710. The molecule has 0 rings (SSSR count). The van der Waals surface area contributed by atoms with Crippen molar-refractivity contribution in [3.8, 4) is 0 Å². The van der Waals surface area contributed by atoms with Gasteiger partial charge in [0.25, 0.3) is 0 Å². The van der Waals surface area contributed by atoms with Gasteiger partial charge in [-0.1, -0.05) is 0 Å². The summed E-state index contributed by atoms with van der Waals surface area (Å²) >= 11 is 0. The van der Waals surface area contributed by atoms with Gasteiger partial charge in [-0.25, -0.2) is 0 Å². The number of hydrogen-bond acceptors (Lipinski definition) is 4. The van der Waals surface area contributed by atoms with Crippen LogP contribution in [0.1, 0.15) is 28.6 Å². The molecule has 0 aliphatic heterocycles. The largest absolute Gasteiger partial charge is 0.500 e. The van der Waals surface area contributed by atoms with Crippen molar-refractivity contribution >= 4 is 21.2 Å². The molecular weight excluding hydrogens is 234 g/mol. The van der Waals surface area contributed by atoms with E-state index >= 15 is 0 Å². The van der Waals surface area contributed by atoms with Gasteiger partial charge in [-0.15, -0.1) is 12.4 Å². The van der Waals surface area contributed by atoms with Crippen molar-refractivity contribution < 1.29 is 14.6 Å². The SMILES string of the molecule is Cl.[2H]C(CCN)[Si](OCC)(OCC)OCC. The fourth-order valence-electron chi connectivity index (χ4n) is 1.17. The average molecular weight is 259 g/mol. The third-order valence-corrected chi connectivity index (χ3v) is 4.46. The first-order chi connectivity index (χ1) is 7.16. The van der Waals surface area contributed by atoms with E-state index < -0.39 is 14.8 Å². The van der Waals surface area contributed by atoms with Crippen molar-refractivity contribution in [3.63, 3.8) is 0 Å². The topological polar surface area (TPSA) is 53.7 Å². The first kappa shape index (κ1) is 15.3. The monoisotopic (exact) mass is 258 g/mol. The lowest BCUT2D eigenvalue weighted by atomic mass is 10.5. The molecule has 0 aromatic heterocycles. The maximum Gasteiger partial charge on any atom is 0.500 e. The van der Waals surface area contributed by atoms with Crippen LogP contribution >= 0.6 is 12.4 Å². The van der Waals surface area contributed by atoms with Crippen LogP contribution < -0.4 is 5.73 Å². The normalized spacial score (nSPS) is 14.3. The lowest BCUT2D eigenvalue weighted by Crippen LogP contribution is -2.46. The van der Waals surface area contributed by atoms with E-state index in [1.54, 1.807) is 0 Å². The molecule has 1 unspecified atom stereocenters. The summed E-state index contributed by atoms with van der Waals surface area (Å²) in [5, 5.41) is 0. The van der Waals surface area contributed by atoms with E-state index in [-0.39, 0.29) is 12.4 Å². The maximum atomic E-state index is 7.99. The van der Waals surface area contributed by atoms with E-state index in [0.29, 0.717) is 32.8 Å². The summed E-state index contributed by atoms with van der Waals surface area (Å²) in [6.45, 7) is 7.62. The summed E-state index contributed by atoms with van der Waals surface area (Å²) in [5.41, 5.74) is 5.45. The number of halogens is 1. The maximum absolute atomic E-state index is 7.99. The molecule has 0 amide bonds. The Bertz CT molecular complexity index is 151. The molecule has 15 heavy (non-hydrogen) atoms. The quantitative estimate of drug-likeness (QED) is 0.641. The first-order valence-electron chi connectivity index (χ1n) is 5.78. The Kier molecular flexibility index (Phi) is 11.1. The van der Waals surface area contributed by atoms with Crippen LogP contribution in [-0.4, -0.2) is 35.2 Å². The van der Waals surface area contributed by atoms with Crippen LogP contribution in [0.4, 0.5) is 0 Å². The summed E-state index contributed by atoms with van der Waals surface area (Å²) < 4.78 is 24.7. The second-order valence-corrected chi connectivity index (χ2v) is 5.17. The molecule has 0 radical (unpaired) electrons. The van der Waals surface area contributed by atoms with E-state index in [1.165, 1.54) is 0 Å². The predicted molar refractivity (Wildman–Crippen MR) is 66.4 cm³/mol. The van der Waals surface area contributed by atoms with Crippen molar-refractivity contribution in [1.29, 1.82) is 0 Å². The highest BCUT2D eigenvalue weighted by molar-refractivity contribution is 6.60. The lowest BCUT2D eigenvalue weighted by Gasteiger charge is -2.28. The van der Waals surface area contributed by atoms with Gasteiger partial charge in [-0.3, -0.25) is 0 Å². The molecule has 2 N–H and O–H groups in total. The smallest absolute Gasteiger partial charge is 0.374 e. The van der Waals surface area contributed by atoms with E-state index in [9.17, 15) is 0 Å². The van der Waals surface area contributed by atoms with Gasteiger partial charge in [0.2, 0.25) is 0 Å². The van der Waals surface area contributed by atoms with Gasteiger partial charge in [-0.2, -0.15) is 0 Å². The highest BCUT2D eigenvalue weighted by Gasteiger charge is 2.39. The Morgan fingerprint density at radius 2 is 1.47 bits per heavy atom. The molecule has 0 heterocycles. The summed E-state index contributed by atoms with van der Waals surface area (Å²) in [6, 6.07) is -0.484. The number of hydrogen-bond donors (Lipinski definition) is 1. The molecule has 0 spiro atoms. The van der Waals surface area contributed by atoms with Crippen molar-refractivity contribution in [3.05, 3.63) is 0 Å². The summed E-state index contributed by atoms with van der Waals surface area (Å²) in [6.07, 6.45) is 0.548. The molecular formula is C9H24ClNO3Si. The third kappa shape index (κ3) is 7.27. The molecule has 0 aromatic rings. The third-order valence-electron chi connectivity index (χ3n) is 1.60. The molecule has 0 aromatic carbocycles. The minimum atomic E-state index is -2.83. The Labute approximate surface area is 102 Å². The molecule has 1 atom stereocenters. The van der Waals surface area contributed by atoms with Crippen molar-refractivity contribution in [2.24, 2.45) is 5.73 Å². The van der Waals surface area contributed by atoms with Gasteiger partial charge in [0.05, 0.1) is 0 Å². The molecule has 0 fully saturated rings. The zero-order valence-corrected chi connectivity index (χ0v) is 11.6. The van der Waals surface area contributed by atoms with Crippen molar-refractivity contribution in [2.75, 3.05) is 26.4 Å². The van der Waals surface area contributed by atoms with Gasteiger partial charge >= 0.3 is 8.80 Å². The fraction of sp³-hybridized carbons (Fsp3) is 1.00.